The van der Waals surface area contributed by atoms with Gasteiger partial charge in [-0.1, -0.05) is 109 Å². The number of aliphatic imine (C=N–C) groups is 1. The Morgan fingerprint density at radius 3 is 2.55 bits per heavy atom. The summed E-state index contributed by atoms with van der Waals surface area (Å²) < 4.78 is 2.40. The van der Waals surface area contributed by atoms with Gasteiger partial charge in [-0.3, -0.25) is 4.57 Å². The molecule has 0 radical (unpaired) electrons. The summed E-state index contributed by atoms with van der Waals surface area (Å²) in [6, 6.07) is 24.1. The number of thioether (sulfide) groups is 1. The number of nitrogens with zero attached hydrogens (tertiary/aromatic N) is 2. The monoisotopic (exact) mass is 509 g/mol. The molecule has 2 aliphatic carbocycles. The van der Waals surface area contributed by atoms with Crippen molar-refractivity contribution in [2.75, 3.05) is 0 Å². The lowest BCUT2D eigenvalue weighted by Crippen LogP contribution is -2.36. The predicted molar refractivity (Wildman–Crippen MR) is 161 cm³/mol. The van der Waals surface area contributed by atoms with Crippen molar-refractivity contribution < 1.29 is 0 Å². The van der Waals surface area contributed by atoms with Crippen molar-refractivity contribution in [3.63, 3.8) is 0 Å². The summed E-state index contributed by atoms with van der Waals surface area (Å²) >= 11 is 1.99. The first kappa shape index (κ1) is 22.0. The van der Waals surface area contributed by atoms with Crippen molar-refractivity contribution in [1.82, 2.24) is 9.88 Å². The van der Waals surface area contributed by atoms with Gasteiger partial charge < -0.3 is 5.32 Å². The molecule has 1 N–H and O–H groups in total. The zero-order valence-electron chi connectivity index (χ0n) is 20.9. The topological polar surface area (TPSA) is 29.3 Å². The molecule has 184 valence electrons. The second-order valence-electron chi connectivity index (χ2n) is 10.3. The van der Waals surface area contributed by atoms with Crippen LogP contribution in [-0.4, -0.2) is 21.8 Å². The van der Waals surface area contributed by atoms with Gasteiger partial charge in [0.1, 0.15) is 0 Å². The van der Waals surface area contributed by atoms with Crippen LogP contribution < -0.4 is 5.32 Å². The van der Waals surface area contributed by atoms with E-state index in [-0.39, 0.29) is 6.04 Å². The zero-order valence-corrected chi connectivity index (χ0v) is 21.7. The molecule has 8 rings (SSSR count). The van der Waals surface area contributed by atoms with E-state index in [4.69, 9.17) is 4.99 Å². The molecule has 2 aliphatic heterocycles. The Kier molecular flexibility index (Phi) is 5.09. The standard InChI is InChI=1S/C34H27N3S/c1-3-11-22(12-4-1)28-21-29(23-13-5-2-6-14-23)36-34(35-28)37-30-17-9-7-15-24(30)26-19-20-27-25-16-8-10-18-31(25)38-33(27)32(26)37/h1-13,15-21,23,25,29,31H,14H2,(H,35,36). The first-order valence-corrected chi connectivity index (χ1v) is 14.3. The predicted octanol–water partition coefficient (Wildman–Crippen LogP) is 7.83. The minimum atomic E-state index is 0.0525. The van der Waals surface area contributed by atoms with Crippen molar-refractivity contribution in [3.05, 3.63) is 133 Å². The van der Waals surface area contributed by atoms with E-state index >= 15 is 0 Å². The molecule has 0 saturated heterocycles. The van der Waals surface area contributed by atoms with E-state index in [2.05, 4.69) is 131 Å². The van der Waals surface area contributed by atoms with E-state index in [0.717, 1.165) is 18.1 Å². The Labute approximate surface area is 226 Å². The SMILES string of the molecule is C1=CCC(C2C=C(c3ccccc3)NC(n3c4ccccc4c4ccc5c(c43)SC3C=CC=CC53)=N2)C=C1. The van der Waals surface area contributed by atoms with E-state index in [1.165, 1.54) is 37.8 Å². The van der Waals surface area contributed by atoms with Crippen LogP contribution in [0.5, 0.6) is 0 Å². The summed E-state index contributed by atoms with van der Waals surface area (Å²) in [7, 11) is 0. The number of hydrogen-bond acceptors (Lipinski definition) is 3. The number of allylic oxidation sites excluding steroid dienone is 6. The highest BCUT2D eigenvalue weighted by Crippen LogP contribution is 2.52. The molecule has 4 aromatic rings. The molecule has 4 atom stereocenters. The molecule has 0 saturated carbocycles. The van der Waals surface area contributed by atoms with Crippen LogP contribution in [0.25, 0.3) is 27.5 Å². The number of hydrogen-bond donors (Lipinski definition) is 1. The number of para-hydroxylation sites is 1. The van der Waals surface area contributed by atoms with Gasteiger partial charge in [0.15, 0.2) is 0 Å². The highest BCUT2D eigenvalue weighted by molar-refractivity contribution is 8.00. The highest BCUT2D eigenvalue weighted by Gasteiger charge is 2.35. The minimum absolute atomic E-state index is 0.0525. The Hall–Kier alpha value is -4.02. The first-order chi connectivity index (χ1) is 18.8. The highest BCUT2D eigenvalue weighted by atomic mass is 32.2. The number of nitrogens with one attached hydrogen (secondary N) is 1. The fourth-order valence-electron chi connectivity index (χ4n) is 6.28. The lowest BCUT2D eigenvalue weighted by Gasteiger charge is -2.28. The van der Waals surface area contributed by atoms with Crippen LogP contribution in [0.15, 0.2) is 131 Å². The van der Waals surface area contributed by atoms with Gasteiger partial charge in [-0.15, -0.1) is 11.8 Å². The Morgan fingerprint density at radius 1 is 0.816 bits per heavy atom. The summed E-state index contributed by atoms with van der Waals surface area (Å²) in [5.41, 5.74) is 6.18. The van der Waals surface area contributed by atoms with Crippen molar-refractivity contribution >= 4 is 45.2 Å². The van der Waals surface area contributed by atoms with Crippen molar-refractivity contribution in [3.8, 4) is 0 Å². The van der Waals surface area contributed by atoms with Crippen molar-refractivity contribution in [2.45, 2.75) is 28.5 Å². The zero-order chi connectivity index (χ0) is 25.1. The van der Waals surface area contributed by atoms with Gasteiger partial charge in [0.05, 0.1) is 17.1 Å². The smallest absolute Gasteiger partial charge is 0.208 e. The average molecular weight is 510 g/mol. The molecule has 4 heteroatoms. The van der Waals surface area contributed by atoms with Gasteiger partial charge in [0.2, 0.25) is 5.96 Å². The summed E-state index contributed by atoms with van der Waals surface area (Å²) in [5, 5.41) is 6.77. The largest absolute Gasteiger partial charge is 0.325 e. The van der Waals surface area contributed by atoms with Crippen LogP contribution >= 0.6 is 11.8 Å². The summed E-state index contributed by atoms with van der Waals surface area (Å²) in [5.74, 6) is 1.66. The number of rotatable bonds is 2. The van der Waals surface area contributed by atoms with Crippen LogP contribution in [0.1, 0.15) is 23.5 Å². The van der Waals surface area contributed by atoms with Crippen LogP contribution in [0.3, 0.4) is 0 Å². The summed E-state index contributed by atoms with van der Waals surface area (Å²) in [4.78, 5) is 6.79. The van der Waals surface area contributed by atoms with Crippen molar-refractivity contribution in [1.29, 1.82) is 0 Å². The molecule has 0 amide bonds. The number of aromatic nitrogens is 1. The van der Waals surface area contributed by atoms with E-state index in [1.807, 2.05) is 11.8 Å². The quantitative estimate of drug-likeness (QED) is 0.298. The maximum Gasteiger partial charge on any atom is 0.208 e. The Bertz CT molecular complexity index is 1770. The Balaban J connectivity index is 1.36. The lowest BCUT2D eigenvalue weighted by molar-refractivity contribution is 0.574. The molecule has 38 heavy (non-hydrogen) atoms. The van der Waals surface area contributed by atoms with Gasteiger partial charge in [-0.25, -0.2) is 4.99 Å². The fraction of sp³-hybridized carbons (Fsp3) is 0.147. The van der Waals surface area contributed by atoms with E-state index < -0.39 is 0 Å². The second kappa shape index (κ2) is 8.78. The lowest BCUT2D eigenvalue weighted by atomic mass is 9.91. The second-order valence-corrected chi connectivity index (χ2v) is 11.5. The van der Waals surface area contributed by atoms with Gasteiger partial charge in [-0.2, -0.15) is 0 Å². The van der Waals surface area contributed by atoms with Crippen LogP contribution in [0, 0.1) is 5.92 Å². The van der Waals surface area contributed by atoms with Gasteiger partial charge in [0.25, 0.3) is 0 Å². The molecule has 3 heterocycles. The molecule has 4 aliphatic rings. The Morgan fingerprint density at radius 2 is 1.66 bits per heavy atom. The summed E-state index contributed by atoms with van der Waals surface area (Å²) in [6.07, 6.45) is 21.2. The third-order valence-corrected chi connectivity index (χ3v) is 9.51. The van der Waals surface area contributed by atoms with Crippen LogP contribution in [-0.2, 0) is 0 Å². The molecule has 1 aromatic heterocycles. The van der Waals surface area contributed by atoms with Gasteiger partial charge in [0, 0.05) is 38.5 Å². The minimum Gasteiger partial charge on any atom is -0.325 e. The molecule has 0 fully saturated rings. The van der Waals surface area contributed by atoms with Crippen LogP contribution in [0.2, 0.25) is 0 Å². The van der Waals surface area contributed by atoms with Gasteiger partial charge >= 0.3 is 0 Å². The first-order valence-electron chi connectivity index (χ1n) is 13.4. The maximum atomic E-state index is 5.41. The molecule has 3 aromatic carbocycles. The fourth-order valence-corrected chi connectivity index (χ4v) is 7.76. The van der Waals surface area contributed by atoms with Crippen LogP contribution in [0.4, 0.5) is 0 Å². The third kappa shape index (κ3) is 3.40. The number of fused-ring (bicyclic) bond motifs is 7. The average Bonchev–Trinajstić information content (AvgIpc) is 3.54. The normalized spacial score (nSPS) is 25.3. The maximum absolute atomic E-state index is 5.41. The molecule has 4 unspecified atom stereocenters. The molecular formula is C34H27N3S. The van der Waals surface area contributed by atoms with Gasteiger partial charge in [-0.05, 0) is 29.7 Å². The van der Waals surface area contributed by atoms with Crippen molar-refractivity contribution in [2.24, 2.45) is 10.9 Å². The van der Waals surface area contributed by atoms with E-state index in [9.17, 15) is 0 Å². The summed E-state index contributed by atoms with van der Waals surface area (Å²) in [6.45, 7) is 0. The number of benzene rings is 3. The molecule has 3 nitrogen and oxygen atoms in total. The molecule has 0 bridgehead atoms. The van der Waals surface area contributed by atoms with E-state index in [0.29, 0.717) is 17.1 Å². The third-order valence-electron chi connectivity index (χ3n) is 8.12. The molecular weight excluding hydrogens is 482 g/mol. The van der Waals surface area contributed by atoms with E-state index in [1.54, 1.807) is 0 Å². The molecule has 0 spiro atoms.